The summed E-state index contributed by atoms with van der Waals surface area (Å²) in [7, 11) is 0. The van der Waals surface area contributed by atoms with Crippen LogP contribution in [0.5, 0.6) is 0 Å². The summed E-state index contributed by atoms with van der Waals surface area (Å²) in [6.07, 6.45) is 2.69. The fourth-order valence-electron chi connectivity index (χ4n) is 1.17. The van der Waals surface area contributed by atoms with Crippen LogP contribution in [-0.2, 0) is 6.42 Å². The highest BCUT2D eigenvalue weighted by Gasteiger charge is 2.06. The Morgan fingerprint density at radius 2 is 2.07 bits per heavy atom. The van der Waals surface area contributed by atoms with E-state index in [-0.39, 0.29) is 0 Å². The molecule has 0 unspecified atom stereocenters. The van der Waals surface area contributed by atoms with Crippen LogP contribution in [0.15, 0.2) is 10.6 Å². The van der Waals surface area contributed by atoms with E-state index >= 15 is 0 Å². The summed E-state index contributed by atoms with van der Waals surface area (Å²) in [5.74, 6) is 2.24. The molecule has 1 rings (SSSR count). The molecule has 0 bridgehead atoms. The largest absolute Gasteiger partial charge is 0.445 e. The number of hydrogen-bond acceptors (Lipinski definition) is 3. The van der Waals surface area contributed by atoms with Gasteiger partial charge in [0.15, 0.2) is 5.89 Å². The number of oxazole rings is 1. The Morgan fingerprint density at radius 3 is 2.57 bits per heavy atom. The van der Waals surface area contributed by atoms with Gasteiger partial charge < -0.3 is 9.73 Å². The van der Waals surface area contributed by atoms with Gasteiger partial charge in [0.1, 0.15) is 5.76 Å². The van der Waals surface area contributed by atoms with Gasteiger partial charge in [-0.2, -0.15) is 0 Å². The van der Waals surface area contributed by atoms with E-state index in [0.717, 1.165) is 24.6 Å². The second-order valence-corrected chi connectivity index (χ2v) is 4.17. The molecule has 3 nitrogen and oxygen atoms in total. The molecule has 1 aromatic heterocycles. The molecule has 1 N–H and O–H groups in total. The lowest BCUT2D eigenvalue weighted by Crippen LogP contribution is -2.24. The quantitative estimate of drug-likeness (QED) is 0.785. The van der Waals surface area contributed by atoms with Gasteiger partial charge in [-0.25, -0.2) is 4.98 Å². The number of nitrogens with one attached hydrogen (secondary N) is 1. The molecule has 0 saturated carbocycles. The Morgan fingerprint density at radius 1 is 1.36 bits per heavy atom. The Labute approximate surface area is 85.9 Å². The molecule has 80 valence electrons. The Kier molecular flexibility index (Phi) is 4.14. The minimum Gasteiger partial charge on any atom is -0.445 e. The van der Waals surface area contributed by atoms with Gasteiger partial charge in [-0.1, -0.05) is 27.7 Å². The van der Waals surface area contributed by atoms with E-state index in [2.05, 4.69) is 38.0 Å². The maximum absolute atomic E-state index is 5.58. The van der Waals surface area contributed by atoms with Crippen molar-refractivity contribution in [1.82, 2.24) is 10.3 Å². The Bertz CT molecular complexity index is 266. The molecule has 1 aromatic rings. The molecule has 0 aliphatic carbocycles. The van der Waals surface area contributed by atoms with Crippen molar-refractivity contribution >= 4 is 0 Å². The topological polar surface area (TPSA) is 38.1 Å². The van der Waals surface area contributed by atoms with Gasteiger partial charge in [-0.05, 0) is 0 Å². The van der Waals surface area contributed by atoms with Crippen LogP contribution >= 0.6 is 0 Å². The maximum atomic E-state index is 5.58. The van der Waals surface area contributed by atoms with Crippen LogP contribution in [0, 0.1) is 0 Å². The lowest BCUT2D eigenvalue weighted by molar-refractivity contribution is 0.430. The third-order valence-corrected chi connectivity index (χ3v) is 2.03. The van der Waals surface area contributed by atoms with E-state index < -0.39 is 0 Å². The van der Waals surface area contributed by atoms with E-state index in [1.807, 2.05) is 6.20 Å². The number of aromatic nitrogens is 1. The summed E-state index contributed by atoms with van der Waals surface area (Å²) in [6, 6.07) is 0.523. The lowest BCUT2D eigenvalue weighted by atomic mass is 10.2. The fraction of sp³-hybridized carbons (Fsp3) is 0.727. The zero-order valence-corrected chi connectivity index (χ0v) is 9.50. The lowest BCUT2D eigenvalue weighted by Gasteiger charge is -2.05. The van der Waals surface area contributed by atoms with Crippen molar-refractivity contribution in [2.75, 3.05) is 6.54 Å². The molecule has 0 amide bonds. The molecule has 14 heavy (non-hydrogen) atoms. The molecule has 0 spiro atoms. The van der Waals surface area contributed by atoms with Crippen LogP contribution in [0.25, 0.3) is 0 Å². The minimum atomic E-state index is 0.425. The van der Waals surface area contributed by atoms with Crippen molar-refractivity contribution < 1.29 is 4.42 Å². The predicted molar refractivity (Wildman–Crippen MR) is 57.4 cm³/mol. The first-order valence-corrected chi connectivity index (χ1v) is 5.27. The van der Waals surface area contributed by atoms with Crippen LogP contribution < -0.4 is 5.32 Å². The van der Waals surface area contributed by atoms with Crippen molar-refractivity contribution in [1.29, 1.82) is 0 Å². The molecule has 0 saturated heterocycles. The summed E-state index contributed by atoms with van der Waals surface area (Å²) in [5, 5.41) is 3.33. The predicted octanol–water partition coefficient (Wildman–Crippen LogP) is 2.34. The molecule has 0 aliphatic rings. The van der Waals surface area contributed by atoms with E-state index in [1.54, 1.807) is 0 Å². The van der Waals surface area contributed by atoms with E-state index in [4.69, 9.17) is 4.42 Å². The third kappa shape index (κ3) is 3.50. The van der Waals surface area contributed by atoms with Crippen LogP contribution in [0.4, 0.5) is 0 Å². The average molecular weight is 196 g/mol. The first kappa shape index (κ1) is 11.2. The zero-order valence-electron chi connectivity index (χ0n) is 9.50. The smallest absolute Gasteiger partial charge is 0.195 e. The van der Waals surface area contributed by atoms with Gasteiger partial charge in [-0.15, -0.1) is 0 Å². The maximum Gasteiger partial charge on any atom is 0.195 e. The summed E-state index contributed by atoms with van der Waals surface area (Å²) in [4.78, 5) is 4.23. The van der Waals surface area contributed by atoms with Crippen LogP contribution in [-0.4, -0.2) is 17.6 Å². The Balaban J connectivity index is 2.36. The second kappa shape index (κ2) is 5.15. The van der Waals surface area contributed by atoms with Crippen LogP contribution in [0.2, 0.25) is 0 Å². The molecule has 0 fully saturated rings. The van der Waals surface area contributed by atoms with Crippen molar-refractivity contribution in [3.8, 4) is 0 Å². The highest BCUT2D eigenvalue weighted by Crippen LogP contribution is 2.14. The monoisotopic (exact) mass is 196 g/mol. The summed E-state index contributed by atoms with van der Waals surface area (Å²) in [6.45, 7) is 9.41. The van der Waals surface area contributed by atoms with Gasteiger partial charge in [0.05, 0.1) is 6.20 Å². The van der Waals surface area contributed by atoms with Gasteiger partial charge in [0.25, 0.3) is 0 Å². The van der Waals surface area contributed by atoms with Crippen molar-refractivity contribution in [2.45, 2.75) is 46.1 Å². The third-order valence-electron chi connectivity index (χ3n) is 2.03. The molecule has 0 aromatic carbocycles. The summed E-state index contributed by atoms with van der Waals surface area (Å²) < 4.78 is 5.58. The van der Waals surface area contributed by atoms with Gasteiger partial charge >= 0.3 is 0 Å². The minimum absolute atomic E-state index is 0.425. The molecular weight excluding hydrogens is 176 g/mol. The zero-order chi connectivity index (χ0) is 10.6. The number of hydrogen-bond donors (Lipinski definition) is 1. The molecule has 0 atom stereocenters. The standard InChI is InChI=1S/C11H20N2O/c1-8(2)10-7-13-11(14-10)5-6-12-9(3)4/h7-9,12H,5-6H2,1-4H3. The summed E-state index contributed by atoms with van der Waals surface area (Å²) in [5.41, 5.74) is 0. The van der Waals surface area contributed by atoms with Gasteiger partial charge in [-0.3, -0.25) is 0 Å². The Hall–Kier alpha value is -0.830. The molecule has 0 radical (unpaired) electrons. The molecule has 3 heteroatoms. The normalized spacial score (nSPS) is 11.6. The average Bonchev–Trinajstić information content (AvgIpc) is 2.52. The highest BCUT2D eigenvalue weighted by molar-refractivity contribution is 4.99. The van der Waals surface area contributed by atoms with Crippen LogP contribution in [0.3, 0.4) is 0 Å². The first-order valence-electron chi connectivity index (χ1n) is 5.27. The van der Waals surface area contributed by atoms with E-state index in [0.29, 0.717) is 12.0 Å². The van der Waals surface area contributed by atoms with Gasteiger partial charge in [0.2, 0.25) is 0 Å². The first-order chi connectivity index (χ1) is 6.59. The van der Waals surface area contributed by atoms with Crippen molar-refractivity contribution in [3.05, 3.63) is 17.8 Å². The highest BCUT2D eigenvalue weighted by atomic mass is 16.4. The molecule has 0 aliphatic heterocycles. The number of nitrogens with zero attached hydrogens (tertiary/aromatic N) is 1. The molecule has 1 heterocycles. The van der Waals surface area contributed by atoms with E-state index in [1.165, 1.54) is 0 Å². The molecular formula is C11H20N2O. The van der Waals surface area contributed by atoms with Crippen molar-refractivity contribution in [3.63, 3.8) is 0 Å². The fourth-order valence-corrected chi connectivity index (χ4v) is 1.17. The second-order valence-electron chi connectivity index (χ2n) is 4.17. The van der Waals surface area contributed by atoms with E-state index in [9.17, 15) is 0 Å². The van der Waals surface area contributed by atoms with Gasteiger partial charge in [0, 0.05) is 24.9 Å². The van der Waals surface area contributed by atoms with Crippen LogP contribution in [0.1, 0.15) is 45.3 Å². The SMILES string of the molecule is CC(C)NCCc1ncc(C(C)C)o1. The van der Waals surface area contributed by atoms with Crippen molar-refractivity contribution in [2.24, 2.45) is 0 Å². The summed E-state index contributed by atoms with van der Waals surface area (Å²) >= 11 is 0. The number of rotatable bonds is 5.